The van der Waals surface area contributed by atoms with Gasteiger partial charge in [-0.1, -0.05) is 0 Å². The van der Waals surface area contributed by atoms with Gasteiger partial charge in [0, 0.05) is 0 Å². The summed E-state index contributed by atoms with van der Waals surface area (Å²) in [4.78, 5) is 34.0. The number of Topliss-reactive ketones (excluding diaryl/α,β-unsaturated/α-hetero) is 2. The molecule has 10 saturated heterocycles. The number of carbonyl (C=O) groups excluding carboxylic acids is 2. The van der Waals surface area contributed by atoms with Gasteiger partial charge in [0.25, 0.3) is 0 Å². The Hall–Kier alpha value is -0.921. The fourth-order valence-electron chi connectivity index (χ4n) is 19.2. The molecule has 8 unspecified atom stereocenters. The Kier molecular flexibility index (Phi) is 0.390. The molecule has 1 spiro atoms. The fourth-order valence-corrected chi connectivity index (χ4v) is 95.6. The van der Waals surface area contributed by atoms with Crippen molar-refractivity contribution in [3.05, 3.63) is 35.9 Å². The van der Waals surface area contributed by atoms with Gasteiger partial charge < -0.3 is 0 Å². The molecule has 2 nitrogen and oxygen atoms in total. The van der Waals surface area contributed by atoms with Crippen molar-refractivity contribution < 1.29 is 16.1 Å². The Morgan fingerprint density at radius 1 is 0.913 bits per heavy atom. The summed E-state index contributed by atoms with van der Waals surface area (Å²) in [6.07, 6.45) is 0.658. The molecule has 10 aliphatic heterocycles. The molecule has 10 fully saturated rings. The second-order valence-corrected chi connectivity index (χ2v) is 35.6. The Bertz CT molecular complexity index is 1380. The first-order valence-electron chi connectivity index (χ1n) is 9.17. The normalized spacial score (nSPS) is 94.0. The molecule has 8 atom stereocenters. The number of benzene rings is 1. The average Bonchev–Trinajstić information content (AvgIpc) is 3.48. The van der Waals surface area contributed by atoms with Gasteiger partial charge in [-0.15, -0.1) is 0 Å². The third-order valence-electron chi connectivity index (χ3n) is 17.0. The molecule has 3 heteroatoms. The zero-order chi connectivity index (χ0) is 14.9. The monoisotopic (exact) mass is 346 g/mol. The summed E-state index contributed by atoms with van der Waals surface area (Å²) in [6, 6.07) is 10.4. The molecular weight excluding hydrogens is 328 g/mol. The number of rotatable bonds is 4. The van der Waals surface area contributed by atoms with Crippen molar-refractivity contribution in [2.45, 2.75) is 60.5 Å². The van der Waals surface area contributed by atoms with Gasteiger partial charge in [-0.3, -0.25) is 0 Å². The van der Waals surface area contributed by atoms with Gasteiger partial charge in [0.05, 0.1) is 0 Å². The SMILES string of the molecule is CC(=O)[C]12[CH]3[CH]4[CH]5[CH]1[Fe]45321678[CH]2[CH]1[CH]6[C]7(C(=O)Cc1ccccc1)[CH]28. The van der Waals surface area contributed by atoms with Gasteiger partial charge in [0.1, 0.15) is 0 Å². The van der Waals surface area contributed by atoms with Crippen molar-refractivity contribution in [1.82, 2.24) is 0 Å². The summed E-state index contributed by atoms with van der Waals surface area (Å²) < 4.78 is 0.413. The van der Waals surface area contributed by atoms with Crippen LogP contribution < -0.4 is 0 Å². The summed E-state index contributed by atoms with van der Waals surface area (Å²) in [6.45, 7) is -1.90. The molecule has 1 aromatic carbocycles. The van der Waals surface area contributed by atoms with Crippen molar-refractivity contribution in [2.75, 3.05) is 0 Å². The van der Waals surface area contributed by atoms with Crippen LogP contribution in [0.25, 0.3) is 0 Å². The van der Waals surface area contributed by atoms with E-state index in [1.807, 2.05) is 13.0 Å². The number of carbonyl (C=O) groups is 2. The molecule has 0 bridgehead atoms. The predicted molar refractivity (Wildman–Crippen MR) is 81.2 cm³/mol. The third kappa shape index (κ3) is 0.124. The zero-order valence-corrected chi connectivity index (χ0v) is 14.0. The molecule has 118 valence electrons. The van der Waals surface area contributed by atoms with Gasteiger partial charge in [-0.05, 0) is 0 Å². The second-order valence-electron chi connectivity index (χ2n) is 12.4. The molecule has 10 aliphatic rings. The first kappa shape index (κ1) is 9.53. The predicted octanol–water partition coefficient (Wildman–Crippen LogP) is 4.52. The minimum atomic E-state index is -3.81. The summed E-state index contributed by atoms with van der Waals surface area (Å²) in [5.74, 6) is 1.19. The molecule has 0 amide bonds. The van der Waals surface area contributed by atoms with Crippen LogP contribution in [-0.4, -0.2) is 11.6 Å². The Balaban J connectivity index is 1.28. The number of ketones is 2. The van der Waals surface area contributed by atoms with E-state index in [0.717, 1.165) is 38.5 Å². The van der Waals surface area contributed by atoms with E-state index >= 15 is 0 Å². The second kappa shape index (κ2) is 0.940. The van der Waals surface area contributed by atoms with Crippen molar-refractivity contribution >= 4 is 11.6 Å². The van der Waals surface area contributed by atoms with E-state index in [4.69, 9.17) is 0 Å². The molecular formula is C20H18FeO2. The van der Waals surface area contributed by atoms with Crippen LogP contribution in [0, 0.1) is 0 Å². The minimum absolute atomic E-state index is 0.190. The Morgan fingerprint density at radius 2 is 1.43 bits per heavy atom. The summed E-state index contributed by atoms with van der Waals surface area (Å²) >= 11 is 0. The third-order valence-corrected chi connectivity index (χ3v) is 59.8. The standard InChI is InChI=1S/C13H11O.C7H7O.Fe/c14-13(12-8-4-5-9-12)10-11-6-2-1-3-7-11;1-6(8)7-4-2-3-5-7;/h1-9H,10H2;2-5H,1H3;. The van der Waals surface area contributed by atoms with E-state index in [2.05, 4.69) is 24.3 Å². The van der Waals surface area contributed by atoms with Crippen LogP contribution in [0.15, 0.2) is 30.3 Å². The summed E-state index contributed by atoms with van der Waals surface area (Å²) in [5.41, 5.74) is 1.20. The van der Waals surface area contributed by atoms with Crippen LogP contribution in [0.2, 0.25) is 47.2 Å². The molecule has 23 heavy (non-hydrogen) atoms. The van der Waals surface area contributed by atoms with Gasteiger partial charge in [-0.25, -0.2) is 0 Å². The van der Waals surface area contributed by atoms with Crippen molar-refractivity contribution in [1.29, 1.82) is 0 Å². The quantitative estimate of drug-likeness (QED) is 0.752. The van der Waals surface area contributed by atoms with Gasteiger partial charge in [0.2, 0.25) is 0 Å². The van der Waals surface area contributed by atoms with E-state index in [0.29, 0.717) is 18.0 Å². The number of fused-ring (bicyclic) bond motifs is 10. The van der Waals surface area contributed by atoms with Crippen molar-refractivity contribution in [3.63, 3.8) is 0 Å². The summed E-state index contributed by atoms with van der Waals surface area (Å²) in [7, 11) is 0. The molecule has 0 aromatic heterocycles. The van der Waals surface area contributed by atoms with Gasteiger partial charge >= 0.3 is 124 Å². The van der Waals surface area contributed by atoms with Crippen LogP contribution in [0.1, 0.15) is 12.5 Å². The van der Waals surface area contributed by atoms with Crippen LogP contribution in [0.5, 0.6) is 0 Å². The molecule has 0 aliphatic carbocycles. The maximum atomic E-state index is 13.7. The van der Waals surface area contributed by atoms with Crippen LogP contribution in [0.4, 0.5) is 0 Å². The zero-order valence-electron chi connectivity index (χ0n) is 12.9. The maximum absolute atomic E-state index is 13.7. The van der Waals surface area contributed by atoms with Gasteiger partial charge in [0.15, 0.2) is 0 Å². The van der Waals surface area contributed by atoms with Gasteiger partial charge in [-0.2, -0.15) is 0 Å². The van der Waals surface area contributed by atoms with E-state index in [-0.39, 0.29) is 8.63 Å². The average molecular weight is 346 g/mol. The molecule has 0 N–H and O–H groups in total. The molecule has 11 rings (SSSR count). The molecule has 0 saturated carbocycles. The van der Waals surface area contributed by atoms with Crippen molar-refractivity contribution in [3.8, 4) is 0 Å². The van der Waals surface area contributed by atoms with Crippen molar-refractivity contribution in [2.24, 2.45) is 0 Å². The summed E-state index contributed by atoms with van der Waals surface area (Å²) in [5, 5.41) is 0. The number of hydrogen-bond acceptors (Lipinski definition) is 2. The molecule has 10 heterocycles. The van der Waals surface area contributed by atoms with Crippen LogP contribution in [-0.2, 0) is 22.5 Å². The molecule has 0 radical (unpaired) electrons. The molecule has 1 aromatic rings. The van der Waals surface area contributed by atoms with E-state index in [1.54, 1.807) is 0 Å². The first-order chi connectivity index (χ1) is 10.9. The van der Waals surface area contributed by atoms with E-state index in [9.17, 15) is 9.59 Å². The van der Waals surface area contributed by atoms with E-state index in [1.165, 1.54) is 5.56 Å². The Labute approximate surface area is 124 Å². The van der Waals surface area contributed by atoms with E-state index < -0.39 is 6.51 Å². The fraction of sp³-hybridized carbons (Fsp3) is 0.600. The topological polar surface area (TPSA) is 34.1 Å². The van der Waals surface area contributed by atoms with Crippen LogP contribution >= 0.6 is 0 Å². The van der Waals surface area contributed by atoms with Crippen LogP contribution in [0.3, 0.4) is 0 Å². The first-order valence-corrected chi connectivity index (χ1v) is 15.4. The number of hydrogen-bond donors (Lipinski definition) is 0. The Morgan fingerprint density at radius 3 is 1.87 bits per heavy atom.